The summed E-state index contributed by atoms with van der Waals surface area (Å²) in [6, 6.07) is 0. The third-order valence-corrected chi connectivity index (χ3v) is 5.14. The molecule has 1 aliphatic carbocycles. The number of hydrogen-bond acceptors (Lipinski definition) is 5. The van der Waals surface area contributed by atoms with Crippen molar-refractivity contribution in [3.8, 4) is 0 Å². The van der Waals surface area contributed by atoms with Gasteiger partial charge in [-0.2, -0.15) is 0 Å². The lowest BCUT2D eigenvalue weighted by atomic mass is 9.75. The Morgan fingerprint density at radius 3 is 2.95 bits per heavy atom. The Bertz CT molecular complexity index is 371. The van der Waals surface area contributed by atoms with Crippen LogP contribution in [0.5, 0.6) is 0 Å². The number of nitrogens with zero attached hydrogens (tertiary/aromatic N) is 1. The fraction of sp³-hybridized carbons (Fsp3) is 0.867. The summed E-state index contributed by atoms with van der Waals surface area (Å²) >= 11 is 1.46. The summed E-state index contributed by atoms with van der Waals surface area (Å²) in [7, 11) is 0. The van der Waals surface area contributed by atoms with Crippen molar-refractivity contribution in [1.82, 2.24) is 5.32 Å². The Morgan fingerprint density at radius 1 is 1.50 bits per heavy atom. The van der Waals surface area contributed by atoms with Crippen molar-refractivity contribution < 1.29 is 9.53 Å². The van der Waals surface area contributed by atoms with Gasteiger partial charge in [-0.3, -0.25) is 9.79 Å². The van der Waals surface area contributed by atoms with Crippen LogP contribution in [0.2, 0.25) is 0 Å². The third-order valence-electron chi connectivity index (χ3n) is 4.21. The Labute approximate surface area is 126 Å². The maximum atomic E-state index is 12.0. The van der Waals surface area contributed by atoms with Crippen LogP contribution in [-0.2, 0) is 9.53 Å². The number of thioether (sulfide) groups is 1. The highest BCUT2D eigenvalue weighted by atomic mass is 32.2. The maximum absolute atomic E-state index is 12.0. The summed E-state index contributed by atoms with van der Waals surface area (Å²) in [5.74, 6) is 2.02. The number of hydrogen-bond donors (Lipinski definition) is 1. The van der Waals surface area contributed by atoms with Crippen molar-refractivity contribution in [2.24, 2.45) is 22.7 Å². The van der Waals surface area contributed by atoms with Crippen molar-refractivity contribution >= 4 is 22.9 Å². The zero-order chi connectivity index (χ0) is 14.5. The van der Waals surface area contributed by atoms with Gasteiger partial charge in [-0.05, 0) is 30.6 Å². The lowest BCUT2D eigenvalue weighted by molar-refractivity contribution is -0.152. The van der Waals surface area contributed by atoms with Crippen LogP contribution < -0.4 is 5.32 Å². The molecule has 0 aromatic carbocycles. The SMILES string of the molecule is CC(C)[C@@H]1CC[C@@H](C)C[C@H]1OC(=O)CSC1=NCCN1. The van der Waals surface area contributed by atoms with E-state index in [2.05, 4.69) is 31.1 Å². The van der Waals surface area contributed by atoms with Gasteiger partial charge in [0.15, 0.2) is 5.17 Å². The van der Waals surface area contributed by atoms with Gasteiger partial charge < -0.3 is 10.1 Å². The maximum Gasteiger partial charge on any atom is 0.316 e. The van der Waals surface area contributed by atoms with Crippen LogP contribution in [-0.4, -0.2) is 36.1 Å². The minimum atomic E-state index is -0.101. The quantitative estimate of drug-likeness (QED) is 0.811. The van der Waals surface area contributed by atoms with Crippen LogP contribution in [0.4, 0.5) is 0 Å². The van der Waals surface area contributed by atoms with Crippen LogP contribution >= 0.6 is 11.8 Å². The first-order chi connectivity index (χ1) is 9.56. The van der Waals surface area contributed by atoms with E-state index >= 15 is 0 Å². The van der Waals surface area contributed by atoms with E-state index < -0.39 is 0 Å². The van der Waals surface area contributed by atoms with Gasteiger partial charge >= 0.3 is 5.97 Å². The fourth-order valence-corrected chi connectivity index (χ4v) is 3.76. The number of nitrogens with one attached hydrogen (secondary N) is 1. The molecule has 1 fully saturated rings. The molecule has 114 valence electrons. The van der Waals surface area contributed by atoms with Gasteiger partial charge in [0.2, 0.25) is 0 Å². The highest BCUT2D eigenvalue weighted by molar-refractivity contribution is 8.14. The van der Waals surface area contributed by atoms with Crippen LogP contribution in [0.1, 0.15) is 40.0 Å². The van der Waals surface area contributed by atoms with E-state index in [1.165, 1.54) is 24.6 Å². The van der Waals surface area contributed by atoms with Gasteiger partial charge in [-0.1, -0.05) is 39.0 Å². The van der Waals surface area contributed by atoms with E-state index in [4.69, 9.17) is 4.74 Å². The highest BCUT2D eigenvalue weighted by Crippen LogP contribution is 2.35. The Morgan fingerprint density at radius 2 is 2.30 bits per heavy atom. The second-order valence-electron chi connectivity index (χ2n) is 6.26. The van der Waals surface area contributed by atoms with Gasteiger partial charge in [0, 0.05) is 6.54 Å². The van der Waals surface area contributed by atoms with Crippen molar-refractivity contribution in [3.63, 3.8) is 0 Å². The van der Waals surface area contributed by atoms with Crippen molar-refractivity contribution in [3.05, 3.63) is 0 Å². The largest absolute Gasteiger partial charge is 0.461 e. The summed E-state index contributed by atoms with van der Waals surface area (Å²) in [6.07, 6.45) is 3.55. The summed E-state index contributed by atoms with van der Waals surface area (Å²) in [6.45, 7) is 8.41. The summed E-state index contributed by atoms with van der Waals surface area (Å²) in [4.78, 5) is 16.3. The van der Waals surface area contributed by atoms with Gasteiger partial charge in [-0.15, -0.1) is 0 Å². The standard InChI is InChI=1S/C15H26N2O2S/c1-10(2)12-5-4-11(3)8-13(12)19-14(18)9-20-15-16-6-7-17-15/h10-13H,4-9H2,1-3H3,(H,16,17)/t11-,12+,13-/m1/s1. The molecule has 1 aliphatic heterocycles. The van der Waals surface area contributed by atoms with E-state index in [0.717, 1.165) is 24.7 Å². The molecule has 0 radical (unpaired) electrons. The topological polar surface area (TPSA) is 50.7 Å². The van der Waals surface area contributed by atoms with Crippen LogP contribution in [0.25, 0.3) is 0 Å². The summed E-state index contributed by atoms with van der Waals surface area (Å²) in [5.41, 5.74) is 0. The molecule has 1 N–H and O–H groups in total. The smallest absolute Gasteiger partial charge is 0.316 e. The molecule has 0 aromatic heterocycles. The molecular formula is C15H26N2O2S. The minimum absolute atomic E-state index is 0.101. The first-order valence-electron chi connectivity index (χ1n) is 7.67. The number of carbonyl (C=O) groups is 1. The van der Waals surface area contributed by atoms with Gasteiger partial charge in [0.25, 0.3) is 0 Å². The monoisotopic (exact) mass is 298 g/mol. The minimum Gasteiger partial charge on any atom is -0.461 e. The molecule has 0 aromatic rings. The molecule has 1 heterocycles. The predicted octanol–water partition coefficient (Wildman–Crippen LogP) is 2.68. The van der Waals surface area contributed by atoms with E-state index in [9.17, 15) is 4.79 Å². The molecule has 0 saturated heterocycles. The lowest BCUT2D eigenvalue weighted by Gasteiger charge is -2.36. The molecule has 4 nitrogen and oxygen atoms in total. The second-order valence-corrected chi connectivity index (χ2v) is 7.22. The molecule has 0 bridgehead atoms. The number of carbonyl (C=O) groups excluding carboxylic acids is 1. The first-order valence-corrected chi connectivity index (χ1v) is 8.65. The summed E-state index contributed by atoms with van der Waals surface area (Å²) < 4.78 is 5.75. The molecule has 5 heteroatoms. The van der Waals surface area contributed by atoms with Crippen molar-refractivity contribution in [2.75, 3.05) is 18.8 Å². The van der Waals surface area contributed by atoms with Crippen LogP contribution in [0, 0.1) is 17.8 Å². The molecule has 0 amide bonds. The summed E-state index contributed by atoms with van der Waals surface area (Å²) in [5, 5.41) is 4.03. The molecule has 20 heavy (non-hydrogen) atoms. The predicted molar refractivity (Wildman–Crippen MR) is 84.0 cm³/mol. The molecule has 0 spiro atoms. The molecule has 3 atom stereocenters. The molecule has 1 saturated carbocycles. The average molecular weight is 298 g/mol. The number of ether oxygens (including phenoxy) is 1. The Balaban J connectivity index is 1.80. The van der Waals surface area contributed by atoms with Crippen LogP contribution in [0.3, 0.4) is 0 Å². The van der Waals surface area contributed by atoms with Gasteiger partial charge in [0.05, 0.1) is 12.3 Å². The van der Waals surface area contributed by atoms with Gasteiger partial charge in [0.1, 0.15) is 6.10 Å². The molecule has 2 aliphatic rings. The number of esters is 1. The second kappa shape index (κ2) is 7.34. The van der Waals surface area contributed by atoms with Crippen molar-refractivity contribution in [1.29, 1.82) is 0 Å². The fourth-order valence-electron chi connectivity index (χ4n) is 3.05. The average Bonchev–Trinajstić information content (AvgIpc) is 2.89. The van der Waals surface area contributed by atoms with E-state index in [1.807, 2.05) is 0 Å². The van der Waals surface area contributed by atoms with Gasteiger partial charge in [-0.25, -0.2) is 0 Å². The van der Waals surface area contributed by atoms with E-state index in [0.29, 0.717) is 23.5 Å². The Hall–Kier alpha value is -0.710. The highest BCUT2D eigenvalue weighted by Gasteiger charge is 2.33. The number of rotatable bonds is 4. The van der Waals surface area contributed by atoms with Crippen LogP contribution in [0.15, 0.2) is 4.99 Å². The number of amidine groups is 1. The normalized spacial score (nSPS) is 30.0. The zero-order valence-corrected chi connectivity index (χ0v) is 13.5. The van der Waals surface area contributed by atoms with E-state index in [1.54, 1.807) is 0 Å². The van der Waals surface area contributed by atoms with E-state index in [-0.39, 0.29) is 12.1 Å². The number of aliphatic imine (C=N–C) groups is 1. The Kier molecular flexibility index (Phi) is 5.75. The zero-order valence-electron chi connectivity index (χ0n) is 12.7. The van der Waals surface area contributed by atoms with Crippen molar-refractivity contribution in [2.45, 2.75) is 46.1 Å². The molecular weight excluding hydrogens is 272 g/mol. The molecule has 2 rings (SSSR count). The molecule has 0 unspecified atom stereocenters. The lowest BCUT2D eigenvalue weighted by Crippen LogP contribution is -2.36. The third kappa shape index (κ3) is 4.40. The first kappa shape index (κ1) is 15.7.